The molecule has 0 aliphatic carbocycles. The molecule has 3 aromatic rings. The molecule has 0 saturated carbocycles. The van der Waals surface area contributed by atoms with Gasteiger partial charge in [-0.05, 0) is 36.8 Å². The fourth-order valence-electron chi connectivity index (χ4n) is 3.65. The van der Waals surface area contributed by atoms with Crippen LogP contribution < -0.4 is 15.6 Å². The Morgan fingerprint density at radius 1 is 1.24 bits per heavy atom. The molecule has 1 atom stereocenters. The van der Waals surface area contributed by atoms with Crippen molar-refractivity contribution in [3.63, 3.8) is 0 Å². The summed E-state index contributed by atoms with van der Waals surface area (Å²) in [5.74, 6) is -2.72. The lowest BCUT2D eigenvalue weighted by Gasteiger charge is -2.15. The van der Waals surface area contributed by atoms with Crippen molar-refractivity contribution in [2.75, 3.05) is 26.9 Å². The summed E-state index contributed by atoms with van der Waals surface area (Å²) >= 11 is 6.19. The predicted octanol–water partition coefficient (Wildman–Crippen LogP) is 2.57. The summed E-state index contributed by atoms with van der Waals surface area (Å²) in [6, 6.07) is 6.77. The van der Waals surface area contributed by atoms with E-state index in [9.17, 15) is 23.2 Å². The molecule has 1 aliphatic heterocycles. The number of hydrogen-bond acceptors (Lipinski definition) is 7. The zero-order chi connectivity index (χ0) is 27.4. The first-order chi connectivity index (χ1) is 18.2. The number of methoxy groups -OCH3 is 1. The van der Waals surface area contributed by atoms with Crippen molar-refractivity contribution >= 4 is 23.4 Å². The Morgan fingerprint density at radius 2 is 2.03 bits per heavy atom. The van der Waals surface area contributed by atoms with Gasteiger partial charge in [-0.2, -0.15) is 0 Å². The Bertz CT molecular complexity index is 1430. The third-order valence-electron chi connectivity index (χ3n) is 5.74. The van der Waals surface area contributed by atoms with E-state index >= 15 is 0 Å². The van der Waals surface area contributed by atoms with Crippen LogP contribution in [0.25, 0.3) is 5.69 Å². The van der Waals surface area contributed by atoms with Gasteiger partial charge in [0.05, 0.1) is 18.8 Å². The van der Waals surface area contributed by atoms with E-state index in [4.69, 9.17) is 25.9 Å². The standard InChI is InChI=1S/C25H23ClF2N4O6/c1-14-3-4-15(22(33)30-19-12-38-32(24(19)34)7-8-36-2)9-20(14)31-13-29-23(21(26)25(31)35)37-11-16-5-6-17(27)10-18(16)28/h3-6,9-10,13,19H,7-8,11-12H2,1-2H3,(H,30,33)/t19-/m1/s1. The highest BCUT2D eigenvalue weighted by molar-refractivity contribution is 6.31. The van der Waals surface area contributed by atoms with Crippen LogP contribution in [-0.4, -0.2) is 59.3 Å². The second-order valence-electron chi connectivity index (χ2n) is 8.32. The van der Waals surface area contributed by atoms with E-state index in [-0.39, 0.29) is 48.4 Å². The van der Waals surface area contributed by atoms with E-state index in [0.717, 1.165) is 22.0 Å². The van der Waals surface area contributed by atoms with E-state index < -0.39 is 35.0 Å². The molecule has 10 nitrogen and oxygen atoms in total. The molecule has 2 heterocycles. The first-order valence-electron chi connectivity index (χ1n) is 11.4. The van der Waals surface area contributed by atoms with Crippen LogP contribution in [0.4, 0.5) is 8.78 Å². The highest BCUT2D eigenvalue weighted by Gasteiger charge is 2.34. The first kappa shape index (κ1) is 27.2. The van der Waals surface area contributed by atoms with Gasteiger partial charge in [0.2, 0.25) is 5.88 Å². The molecule has 1 aliphatic rings. The number of nitrogens with one attached hydrogen (secondary N) is 1. The van der Waals surface area contributed by atoms with Crippen molar-refractivity contribution in [2.45, 2.75) is 19.6 Å². The second kappa shape index (κ2) is 11.7. The maximum absolute atomic E-state index is 13.9. The molecule has 200 valence electrons. The van der Waals surface area contributed by atoms with Crippen molar-refractivity contribution < 1.29 is 32.7 Å². The monoisotopic (exact) mass is 548 g/mol. The largest absolute Gasteiger partial charge is 0.471 e. The minimum Gasteiger partial charge on any atom is -0.471 e. The molecule has 13 heteroatoms. The number of aryl methyl sites for hydroxylation is 1. The number of nitrogens with zero attached hydrogens (tertiary/aromatic N) is 3. The number of hydrogen-bond donors (Lipinski definition) is 1. The Kier molecular flexibility index (Phi) is 8.35. The third kappa shape index (κ3) is 5.82. The van der Waals surface area contributed by atoms with Gasteiger partial charge in [0, 0.05) is 24.3 Å². The van der Waals surface area contributed by atoms with Crippen LogP contribution in [0.5, 0.6) is 5.88 Å². The Labute approximate surface area is 220 Å². The van der Waals surface area contributed by atoms with Gasteiger partial charge in [-0.25, -0.2) is 18.8 Å². The summed E-state index contributed by atoms with van der Waals surface area (Å²) in [5, 5.41) is 3.39. The minimum absolute atomic E-state index is 0.0186. The number of rotatable bonds is 9. The molecule has 1 aromatic heterocycles. The average molecular weight is 549 g/mol. The predicted molar refractivity (Wildman–Crippen MR) is 131 cm³/mol. The molecular weight excluding hydrogens is 526 g/mol. The summed E-state index contributed by atoms with van der Waals surface area (Å²) in [4.78, 5) is 47.7. The fraction of sp³-hybridized carbons (Fsp3) is 0.280. The van der Waals surface area contributed by atoms with Gasteiger partial charge in [0.25, 0.3) is 17.4 Å². The van der Waals surface area contributed by atoms with Gasteiger partial charge in [-0.1, -0.05) is 17.7 Å². The lowest BCUT2D eigenvalue weighted by atomic mass is 10.1. The zero-order valence-electron chi connectivity index (χ0n) is 20.4. The Balaban J connectivity index is 1.51. The SMILES string of the molecule is COCCN1OC[C@@H](NC(=O)c2ccc(C)c(-n3cnc(OCc4ccc(F)cc4F)c(Cl)c3=O)c2)C1=O. The van der Waals surface area contributed by atoms with E-state index in [2.05, 4.69) is 10.3 Å². The van der Waals surface area contributed by atoms with Crippen molar-refractivity contribution in [2.24, 2.45) is 0 Å². The normalized spacial score (nSPS) is 15.1. The van der Waals surface area contributed by atoms with Crippen LogP contribution >= 0.6 is 11.6 Å². The smallest absolute Gasteiger partial charge is 0.280 e. The molecule has 0 bridgehead atoms. The molecular formula is C25H23ClF2N4O6. The van der Waals surface area contributed by atoms with Gasteiger partial charge < -0.3 is 14.8 Å². The minimum atomic E-state index is -0.870. The van der Waals surface area contributed by atoms with Crippen LogP contribution in [-0.2, 0) is 21.0 Å². The van der Waals surface area contributed by atoms with Gasteiger partial charge in [0.15, 0.2) is 5.02 Å². The molecule has 0 spiro atoms. The fourth-order valence-corrected chi connectivity index (χ4v) is 3.85. The molecule has 38 heavy (non-hydrogen) atoms. The van der Waals surface area contributed by atoms with Crippen molar-refractivity contribution in [3.05, 3.63) is 86.4 Å². The van der Waals surface area contributed by atoms with Gasteiger partial charge in [-0.3, -0.25) is 23.8 Å². The second-order valence-corrected chi connectivity index (χ2v) is 8.70. The van der Waals surface area contributed by atoms with E-state index in [1.807, 2.05) is 0 Å². The van der Waals surface area contributed by atoms with Crippen molar-refractivity contribution in [1.82, 2.24) is 19.9 Å². The number of halogens is 3. The van der Waals surface area contributed by atoms with Gasteiger partial charge >= 0.3 is 0 Å². The van der Waals surface area contributed by atoms with Crippen LogP contribution in [0.15, 0.2) is 47.5 Å². The van der Waals surface area contributed by atoms with E-state index in [1.54, 1.807) is 19.1 Å². The third-order valence-corrected chi connectivity index (χ3v) is 6.06. The molecule has 1 fully saturated rings. The molecule has 1 N–H and O–H groups in total. The van der Waals surface area contributed by atoms with Crippen molar-refractivity contribution in [1.29, 1.82) is 0 Å². The number of aromatic nitrogens is 2. The molecule has 2 amide bonds. The molecule has 1 saturated heterocycles. The quantitative estimate of drug-likeness (QED) is 0.437. The maximum Gasteiger partial charge on any atom is 0.280 e. The van der Waals surface area contributed by atoms with Gasteiger partial charge in [-0.15, -0.1) is 0 Å². The molecule has 0 unspecified atom stereocenters. The summed E-state index contributed by atoms with van der Waals surface area (Å²) in [5.41, 5.74) is 0.503. The van der Waals surface area contributed by atoms with Crippen LogP contribution in [0.2, 0.25) is 5.02 Å². The van der Waals surface area contributed by atoms with E-state index in [0.29, 0.717) is 17.3 Å². The number of carbonyl (C=O) groups is 2. The van der Waals surface area contributed by atoms with Crippen LogP contribution in [0.1, 0.15) is 21.5 Å². The molecule has 0 radical (unpaired) electrons. The molecule has 2 aromatic carbocycles. The summed E-state index contributed by atoms with van der Waals surface area (Å²) in [7, 11) is 1.50. The highest BCUT2D eigenvalue weighted by atomic mass is 35.5. The summed E-state index contributed by atoms with van der Waals surface area (Å²) in [6.45, 7) is 1.89. The maximum atomic E-state index is 13.9. The van der Waals surface area contributed by atoms with Crippen LogP contribution in [0, 0.1) is 18.6 Å². The lowest BCUT2D eigenvalue weighted by Crippen LogP contribution is -2.43. The topological polar surface area (TPSA) is 112 Å². The number of ether oxygens (including phenoxy) is 2. The Hall–Kier alpha value is -3.87. The highest BCUT2D eigenvalue weighted by Crippen LogP contribution is 2.22. The summed E-state index contributed by atoms with van der Waals surface area (Å²) < 4.78 is 38.4. The zero-order valence-corrected chi connectivity index (χ0v) is 21.1. The number of benzene rings is 2. The number of carbonyl (C=O) groups excluding carboxylic acids is 2. The molecule has 4 rings (SSSR count). The average Bonchev–Trinajstić information content (AvgIpc) is 3.23. The number of amides is 2. The summed E-state index contributed by atoms with van der Waals surface area (Å²) in [6.07, 6.45) is 1.16. The first-order valence-corrected chi connectivity index (χ1v) is 11.8. The van der Waals surface area contributed by atoms with Gasteiger partial charge in [0.1, 0.15) is 37.2 Å². The Morgan fingerprint density at radius 3 is 2.76 bits per heavy atom. The van der Waals surface area contributed by atoms with E-state index in [1.165, 1.54) is 19.2 Å². The van der Waals surface area contributed by atoms with Crippen molar-refractivity contribution in [3.8, 4) is 11.6 Å². The van der Waals surface area contributed by atoms with Crippen LogP contribution in [0.3, 0.4) is 0 Å². The lowest BCUT2D eigenvalue weighted by molar-refractivity contribution is -0.164. The number of hydroxylamine groups is 2.